The number of alkyl carbamates (subject to hydrolysis) is 2. The van der Waals surface area contributed by atoms with Crippen molar-refractivity contribution >= 4 is 24.0 Å². The molecule has 306 valence electrons. The fourth-order valence-corrected chi connectivity index (χ4v) is 9.51. The van der Waals surface area contributed by atoms with Crippen LogP contribution in [0.3, 0.4) is 0 Å². The zero-order chi connectivity index (χ0) is 40.8. The summed E-state index contributed by atoms with van der Waals surface area (Å²) in [6.45, 7) is 8.88. The van der Waals surface area contributed by atoms with Crippen molar-refractivity contribution in [1.82, 2.24) is 40.4 Å². The molecule has 4 aliphatic rings. The maximum absolute atomic E-state index is 13.7. The highest BCUT2D eigenvalue weighted by Gasteiger charge is 2.39. The highest BCUT2D eigenvalue weighted by atomic mass is 16.5. The summed E-state index contributed by atoms with van der Waals surface area (Å²) in [5.74, 6) is 1.08. The lowest BCUT2D eigenvalue weighted by molar-refractivity contribution is -0.136. The topological polar surface area (TPSA) is 175 Å². The number of carbonyl (C=O) groups is 4. The first-order chi connectivity index (χ1) is 27.9. The lowest BCUT2D eigenvalue weighted by atomic mass is 9.74. The van der Waals surface area contributed by atoms with Gasteiger partial charge in [0.1, 0.15) is 23.7 Å². The molecule has 2 aromatic carbocycles. The van der Waals surface area contributed by atoms with Crippen LogP contribution in [0.25, 0.3) is 33.6 Å². The number of nitrogens with zero attached hydrogens (tertiary/aromatic N) is 4. The second kappa shape index (κ2) is 15.9. The Bertz CT molecular complexity index is 2040. The largest absolute Gasteiger partial charge is 0.453 e. The van der Waals surface area contributed by atoms with E-state index in [0.717, 1.165) is 85.5 Å². The van der Waals surface area contributed by atoms with Gasteiger partial charge in [0.15, 0.2) is 0 Å². The third-order valence-corrected chi connectivity index (χ3v) is 12.5. The van der Waals surface area contributed by atoms with E-state index in [1.807, 2.05) is 49.9 Å². The molecule has 14 heteroatoms. The molecule has 0 bridgehead atoms. The predicted octanol–water partition coefficient (Wildman–Crippen LogP) is 6.42. The molecule has 8 rings (SSSR count). The van der Waals surface area contributed by atoms with Gasteiger partial charge in [-0.2, -0.15) is 0 Å². The fraction of sp³-hybridized carbons (Fsp3) is 0.500. The first-order valence-corrected chi connectivity index (χ1v) is 20.7. The third kappa shape index (κ3) is 7.21. The lowest BCUT2D eigenvalue weighted by Gasteiger charge is -2.31. The van der Waals surface area contributed by atoms with Crippen molar-refractivity contribution in [3.63, 3.8) is 0 Å². The van der Waals surface area contributed by atoms with E-state index in [2.05, 4.69) is 44.9 Å². The Balaban J connectivity index is 1.01. The highest BCUT2D eigenvalue weighted by molar-refractivity contribution is 5.88. The van der Waals surface area contributed by atoms with E-state index in [1.54, 1.807) is 0 Å². The molecule has 58 heavy (non-hydrogen) atoms. The summed E-state index contributed by atoms with van der Waals surface area (Å²) in [4.78, 5) is 71.9. The molecule has 2 aliphatic heterocycles. The second-order valence-corrected chi connectivity index (χ2v) is 16.8. The van der Waals surface area contributed by atoms with Crippen LogP contribution in [0, 0.1) is 11.8 Å². The smallest absolute Gasteiger partial charge is 0.407 e. The van der Waals surface area contributed by atoms with E-state index in [4.69, 9.17) is 19.4 Å². The number of hydrogen-bond acceptors (Lipinski definition) is 8. The number of ether oxygens (including phenoxy) is 2. The zero-order valence-electron chi connectivity index (χ0n) is 34.2. The second-order valence-electron chi connectivity index (χ2n) is 16.8. The molecule has 4 amide bonds. The van der Waals surface area contributed by atoms with Crippen molar-refractivity contribution in [3.05, 3.63) is 70.6 Å². The molecule has 2 fully saturated rings. The number of likely N-dealkylation sites (tertiary alicyclic amines) is 2. The summed E-state index contributed by atoms with van der Waals surface area (Å²) in [7, 11) is 2.60. The first-order valence-electron chi connectivity index (χ1n) is 20.7. The number of hydrogen-bond donors (Lipinski definition) is 4. The molecular weight excluding hydrogens is 737 g/mol. The maximum atomic E-state index is 13.7. The van der Waals surface area contributed by atoms with E-state index >= 15 is 0 Å². The minimum atomic E-state index is -0.681. The summed E-state index contributed by atoms with van der Waals surface area (Å²) < 4.78 is 9.59. The number of rotatable bonds is 10. The van der Waals surface area contributed by atoms with Gasteiger partial charge in [-0.05, 0) is 121 Å². The molecule has 14 nitrogen and oxygen atoms in total. The molecule has 0 radical (unpaired) electrons. The van der Waals surface area contributed by atoms with Gasteiger partial charge in [-0.3, -0.25) is 9.59 Å². The van der Waals surface area contributed by atoms with Gasteiger partial charge in [0.05, 0.1) is 50.1 Å². The van der Waals surface area contributed by atoms with Gasteiger partial charge in [0.2, 0.25) is 11.8 Å². The van der Waals surface area contributed by atoms with E-state index in [-0.39, 0.29) is 35.7 Å². The Morgan fingerprint density at radius 2 is 1.00 bits per heavy atom. The van der Waals surface area contributed by atoms with Crippen molar-refractivity contribution in [2.45, 2.75) is 103 Å². The van der Waals surface area contributed by atoms with Gasteiger partial charge in [0.25, 0.3) is 0 Å². The highest BCUT2D eigenvalue weighted by Crippen LogP contribution is 2.46. The van der Waals surface area contributed by atoms with Gasteiger partial charge < -0.3 is 39.9 Å². The van der Waals surface area contributed by atoms with Crippen LogP contribution in [0.5, 0.6) is 0 Å². The lowest BCUT2D eigenvalue weighted by Crippen LogP contribution is -2.51. The zero-order valence-corrected chi connectivity index (χ0v) is 34.2. The molecule has 1 unspecified atom stereocenters. The summed E-state index contributed by atoms with van der Waals surface area (Å²) in [5.41, 5.74) is 12.1. The number of amides is 4. The number of carbonyl (C=O) groups excluding carboxylic acids is 4. The van der Waals surface area contributed by atoms with Crippen LogP contribution >= 0.6 is 0 Å². The van der Waals surface area contributed by atoms with E-state index in [9.17, 15) is 19.2 Å². The minimum Gasteiger partial charge on any atom is -0.453 e. The molecule has 4 aromatic rings. The molecule has 0 saturated carbocycles. The first kappa shape index (κ1) is 39.2. The van der Waals surface area contributed by atoms with E-state index in [0.29, 0.717) is 13.1 Å². The Hall–Kier alpha value is -5.66. The summed E-state index contributed by atoms with van der Waals surface area (Å²) in [5, 5.41) is 5.45. The molecule has 0 spiro atoms. The van der Waals surface area contributed by atoms with Gasteiger partial charge in [-0.25, -0.2) is 19.6 Å². The maximum Gasteiger partial charge on any atom is 0.407 e. The Labute approximate surface area is 338 Å². The summed E-state index contributed by atoms with van der Waals surface area (Å²) >= 11 is 0. The Morgan fingerprint density at radius 1 is 0.638 bits per heavy atom. The van der Waals surface area contributed by atoms with Gasteiger partial charge in [-0.1, -0.05) is 27.7 Å². The van der Waals surface area contributed by atoms with Crippen molar-refractivity contribution < 1.29 is 28.7 Å². The Kier molecular flexibility index (Phi) is 10.8. The summed E-state index contributed by atoms with van der Waals surface area (Å²) in [6.07, 6.45) is 9.55. The molecule has 2 aliphatic carbocycles. The molecule has 2 aromatic heterocycles. The molecule has 2 saturated heterocycles. The minimum absolute atomic E-state index is 0.0995. The van der Waals surface area contributed by atoms with Crippen LogP contribution in [-0.4, -0.2) is 93.1 Å². The normalized spacial score (nSPS) is 19.2. The van der Waals surface area contributed by atoms with Crippen LogP contribution in [0.1, 0.15) is 99.4 Å². The standard InChI is InChI=1S/C44H54N8O6/c1-23(2)37(49-43(55)57-5)41(53)51-15-7-9-33(51)39-45-21-31(47-39)29-17-25-11-13-27-19-30(20-28-14-12-26(18-29)35(25)36(27)28)32-22-46-40(48-32)34-10-8-16-52(34)42(54)38(24(3)4)50-44(56)58-6/h17-24,33-34,37-38H,7-16H2,1-6H3,(H,45,47)(H,46,48)(H,49,55)(H,50,56)/t33-,34-,37-,38?/m0/s1. The SMILES string of the molecule is COC(=O)NC(C(=O)N1CCC[C@H]1c1ncc(-c2cc3c4c(c2)CCc2cc(-c5cnc([C@@H]6CCCN6C(=O)[C@@H](NC(=O)OC)C(C)C)[nH]5)cc(c2-4)CC3)[nH]1)C(C)C. The van der Waals surface area contributed by atoms with E-state index in [1.165, 1.54) is 47.6 Å². The van der Waals surface area contributed by atoms with Crippen LogP contribution in [0.4, 0.5) is 9.59 Å². The average molecular weight is 791 g/mol. The van der Waals surface area contributed by atoms with E-state index < -0.39 is 24.3 Å². The number of aromatic amines is 2. The number of aryl methyl sites for hydroxylation is 4. The molecular formula is C44H54N8O6. The van der Waals surface area contributed by atoms with Gasteiger partial charge in [-0.15, -0.1) is 0 Å². The van der Waals surface area contributed by atoms with Crippen molar-refractivity contribution in [1.29, 1.82) is 0 Å². The predicted molar refractivity (Wildman–Crippen MR) is 218 cm³/mol. The van der Waals surface area contributed by atoms with Crippen LogP contribution in [-0.2, 0) is 44.7 Å². The average Bonchev–Trinajstić information content (AvgIpc) is 4.06. The van der Waals surface area contributed by atoms with Crippen LogP contribution in [0.2, 0.25) is 0 Å². The molecule has 4 N–H and O–H groups in total. The monoisotopic (exact) mass is 790 g/mol. The quantitative estimate of drug-likeness (QED) is 0.142. The fourth-order valence-electron chi connectivity index (χ4n) is 9.51. The Morgan fingerprint density at radius 3 is 1.33 bits per heavy atom. The molecule has 4 atom stereocenters. The van der Waals surface area contributed by atoms with Crippen molar-refractivity contribution in [2.75, 3.05) is 27.3 Å². The molecule has 4 heterocycles. The van der Waals surface area contributed by atoms with Gasteiger partial charge in [0, 0.05) is 24.2 Å². The van der Waals surface area contributed by atoms with Gasteiger partial charge >= 0.3 is 12.2 Å². The number of H-pyrrole nitrogens is 2. The van der Waals surface area contributed by atoms with Crippen molar-refractivity contribution in [2.24, 2.45) is 11.8 Å². The van der Waals surface area contributed by atoms with Crippen LogP contribution in [0.15, 0.2) is 36.7 Å². The summed E-state index contributed by atoms with van der Waals surface area (Å²) in [6, 6.07) is 7.45. The number of methoxy groups -OCH3 is 2. The number of benzene rings is 2. The van der Waals surface area contributed by atoms with Crippen molar-refractivity contribution in [3.8, 4) is 33.6 Å². The van der Waals surface area contributed by atoms with Crippen LogP contribution < -0.4 is 10.6 Å². The number of aromatic nitrogens is 4. The number of nitrogens with one attached hydrogen (secondary N) is 4. The third-order valence-electron chi connectivity index (χ3n) is 12.5. The number of imidazole rings is 2.